The first-order valence-electron chi connectivity index (χ1n) is 8.50. The molecule has 0 radical (unpaired) electrons. The molecule has 22 heavy (non-hydrogen) atoms. The molecular weight excluding hydrogens is 300 g/mol. The summed E-state index contributed by atoms with van der Waals surface area (Å²) in [4.78, 5) is 0. The molecule has 0 aromatic carbocycles. The first-order chi connectivity index (χ1) is 10.7. The number of hydrogen-bond acceptors (Lipinski definition) is 3. The second-order valence-electron chi connectivity index (χ2n) is 6.80. The topological polar surface area (TPSA) is 53.8 Å². The van der Waals surface area contributed by atoms with Gasteiger partial charge in [-0.25, -0.2) is 0 Å². The highest BCUT2D eigenvalue weighted by Crippen LogP contribution is 2.42. The summed E-state index contributed by atoms with van der Waals surface area (Å²) in [6, 6.07) is 3.85. The Bertz CT molecular complexity index is 613. The largest absolute Gasteiger partial charge is 0.468 e. The van der Waals surface area contributed by atoms with Crippen molar-refractivity contribution in [2.75, 3.05) is 13.1 Å². The van der Waals surface area contributed by atoms with E-state index in [0.717, 1.165) is 31.4 Å². The number of fused-ring (bicyclic) bond motifs is 1. The van der Waals surface area contributed by atoms with Gasteiger partial charge >= 0.3 is 0 Å². The minimum Gasteiger partial charge on any atom is -0.468 e. The van der Waals surface area contributed by atoms with E-state index in [1.165, 1.54) is 19.3 Å². The Morgan fingerprint density at radius 1 is 1.00 bits per heavy atom. The van der Waals surface area contributed by atoms with Crippen molar-refractivity contribution in [3.63, 3.8) is 0 Å². The second kappa shape index (κ2) is 5.65. The van der Waals surface area contributed by atoms with Gasteiger partial charge in [0.25, 0.3) is 10.2 Å². The molecule has 0 spiro atoms. The van der Waals surface area contributed by atoms with E-state index >= 15 is 0 Å². The molecule has 1 saturated carbocycles. The fraction of sp³-hybridized carbons (Fsp3) is 0.750. The fourth-order valence-corrected chi connectivity index (χ4v) is 6.75. The molecule has 0 unspecified atom stereocenters. The Balaban J connectivity index is 1.62. The molecule has 3 heterocycles. The van der Waals surface area contributed by atoms with Crippen LogP contribution in [0.3, 0.4) is 0 Å². The third-order valence-electron chi connectivity index (χ3n) is 5.61. The minimum atomic E-state index is -3.38. The van der Waals surface area contributed by atoms with Gasteiger partial charge in [0.15, 0.2) is 0 Å². The standard InChI is InChI=1S/C16H24N2O3S/c19-22(20,17-10-2-6-13-5-1-7-14(13)17)18-11-3-8-15(18)16-9-4-12-21-16/h4,9,12-15H,1-3,5-8,10-11H2/t13-,14+,15-/m1/s1. The van der Waals surface area contributed by atoms with Crippen LogP contribution in [-0.2, 0) is 10.2 Å². The summed E-state index contributed by atoms with van der Waals surface area (Å²) in [5, 5.41) is 0. The van der Waals surface area contributed by atoms with Gasteiger partial charge in [0.1, 0.15) is 5.76 Å². The van der Waals surface area contributed by atoms with Gasteiger partial charge in [0.05, 0.1) is 12.3 Å². The third-order valence-corrected chi connectivity index (χ3v) is 7.69. The molecule has 0 bridgehead atoms. The Labute approximate surface area is 132 Å². The molecule has 0 N–H and O–H groups in total. The predicted molar refractivity (Wildman–Crippen MR) is 83.4 cm³/mol. The maximum absolute atomic E-state index is 13.2. The van der Waals surface area contributed by atoms with Crippen LogP contribution in [0.1, 0.15) is 56.7 Å². The molecule has 6 heteroatoms. The molecule has 1 aromatic heterocycles. The predicted octanol–water partition coefficient (Wildman–Crippen LogP) is 2.93. The van der Waals surface area contributed by atoms with E-state index in [2.05, 4.69) is 0 Å². The van der Waals surface area contributed by atoms with E-state index in [1.807, 2.05) is 16.4 Å². The Kier molecular flexibility index (Phi) is 3.78. The van der Waals surface area contributed by atoms with Crippen molar-refractivity contribution in [1.29, 1.82) is 0 Å². The highest BCUT2D eigenvalue weighted by atomic mass is 32.2. The van der Waals surface area contributed by atoms with Gasteiger partial charge < -0.3 is 4.42 Å². The van der Waals surface area contributed by atoms with Gasteiger partial charge in [-0.3, -0.25) is 0 Å². The molecular formula is C16H24N2O3S. The summed E-state index contributed by atoms with van der Waals surface area (Å²) in [6.07, 6.45) is 8.98. The maximum Gasteiger partial charge on any atom is 0.282 e. The SMILES string of the molecule is O=S(=O)(N1CCC[C@@H]1c1ccco1)N1CCC[C@H]2CCC[C@@H]21. The van der Waals surface area contributed by atoms with Gasteiger partial charge in [-0.2, -0.15) is 17.0 Å². The van der Waals surface area contributed by atoms with Gasteiger partial charge in [0.2, 0.25) is 0 Å². The van der Waals surface area contributed by atoms with Crippen LogP contribution >= 0.6 is 0 Å². The van der Waals surface area contributed by atoms with Crippen LogP contribution in [0.25, 0.3) is 0 Å². The zero-order chi connectivity index (χ0) is 15.2. The lowest BCUT2D eigenvalue weighted by Gasteiger charge is -2.39. The Hall–Kier alpha value is -0.850. The molecule has 3 aliphatic rings. The van der Waals surface area contributed by atoms with Crippen LogP contribution in [0.5, 0.6) is 0 Å². The lowest BCUT2D eigenvalue weighted by molar-refractivity contribution is 0.184. The van der Waals surface area contributed by atoms with Crippen LogP contribution in [0.2, 0.25) is 0 Å². The maximum atomic E-state index is 13.2. The van der Waals surface area contributed by atoms with E-state index in [4.69, 9.17) is 4.42 Å². The highest BCUT2D eigenvalue weighted by molar-refractivity contribution is 7.86. The molecule has 122 valence electrons. The van der Waals surface area contributed by atoms with Crippen molar-refractivity contribution in [2.24, 2.45) is 5.92 Å². The number of furan rings is 1. The molecule has 1 aliphatic carbocycles. The summed E-state index contributed by atoms with van der Waals surface area (Å²) in [7, 11) is -3.38. The average Bonchev–Trinajstić information content (AvgIpc) is 3.25. The molecule has 2 saturated heterocycles. The zero-order valence-corrected chi connectivity index (χ0v) is 13.7. The van der Waals surface area contributed by atoms with E-state index in [-0.39, 0.29) is 12.1 Å². The van der Waals surface area contributed by atoms with E-state index in [0.29, 0.717) is 19.0 Å². The van der Waals surface area contributed by atoms with Crippen molar-refractivity contribution >= 4 is 10.2 Å². The minimum absolute atomic E-state index is 0.123. The third kappa shape index (κ3) is 2.32. The first kappa shape index (κ1) is 14.7. The molecule has 0 amide bonds. The molecule has 1 aromatic rings. The fourth-order valence-electron chi connectivity index (χ4n) is 4.61. The first-order valence-corrected chi connectivity index (χ1v) is 9.89. The quantitative estimate of drug-likeness (QED) is 0.859. The molecule has 3 atom stereocenters. The van der Waals surface area contributed by atoms with Crippen molar-refractivity contribution in [3.05, 3.63) is 24.2 Å². The zero-order valence-electron chi connectivity index (χ0n) is 12.9. The van der Waals surface area contributed by atoms with Gasteiger partial charge in [0, 0.05) is 19.1 Å². The van der Waals surface area contributed by atoms with Gasteiger partial charge in [-0.1, -0.05) is 6.42 Å². The summed E-state index contributed by atoms with van der Waals surface area (Å²) in [5.41, 5.74) is 0. The average molecular weight is 324 g/mol. The number of hydrogen-bond donors (Lipinski definition) is 0. The van der Waals surface area contributed by atoms with Gasteiger partial charge in [-0.05, 0) is 56.6 Å². The molecule has 3 fully saturated rings. The van der Waals surface area contributed by atoms with Crippen molar-refractivity contribution in [3.8, 4) is 0 Å². The summed E-state index contributed by atoms with van der Waals surface area (Å²) in [5.74, 6) is 1.36. The number of rotatable bonds is 3. The van der Waals surface area contributed by atoms with Crippen LogP contribution in [0.15, 0.2) is 22.8 Å². The van der Waals surface area contributed by atoms with Crippen LogP contribution in [0, 0.1) is 5.92 Å². The van der Waals surface area contributed by atoms with E-state index < -0.39 is 10.2 Å². The van der Waals surface area contributed by atoms with Crippen LogP contribution in [-0.4, -0.2) is 36.2 Å². The summed E-state index contributed by atoms with van der Waals surface area (Å²) < 4.78 is 35.5. The molecule has 4 rings (SSSR count). The Morgan fingerprint density at radius 3 is 2.59 bits per heavy atom. The van der Waals surface area contributed by atoms with Crippen molar-refractivity contribution in [2.45, 2.75) is 57.0 Å². The summed E-state index contributed by atoms with van der Waals surface area (Å²) >= 11 is 0. The highest BCUT2D eigenvalue weighted by Gasteiger charge is 2.46. The van der Waals surface area contributed by atoms with Crippen LogP contribution < -0.4 is 0 Å². The summed E-state index contributed by atoms with van der Waals surface area (Å²) in [6.45, 7) is 1.30. The normalized spacial score (nSPS) is 34.1. The lowest BCUT2D eigenvalue weighted by Crippen LogP contribution is -2.51. The van der Waals surface area contributed by atoms with Crippen molar-refractivity contribution < 1.29 is 12.8 Å². The monoisotopic (exact) mass is 324 g/mol. The second-order valence-corrected chi connectivity index (χ2v) is 8.64. The van der Waals surface area contributed by atoms with Gasteiger partial charge in [-0.15, -0.1) is 0 Å². The molecule has 2 aliphatic heterocycles. The van der Waals surface area contributed by atoms with E-state index in [9.17, 15) is 8.42 Å². The number of piperidine rings is 1. The van der Waals surface area contributed by atoms with E-state index in [1.54, 1.807) is 10.6 Å². The lowest BCUT2D eigenvalue weighted by atomic mass is 9.94. The molecule has 5 nitrogen and oxygen atoms in total. The van der Waals surface area contributed by atoms with Crippen LogP contribution in [0.4, 0.5) is 0 Å². The Morgan fingerprint density at radius 2 is 1.77 bits per heavy atom. The number of nitrogens with zero attached hydrogens (tertiary/aromatic N) is 2. The smallest absolute Gasteiger partial charge is 0.282 e. The van der Waals surface area contributed by atoms with Crippen molar-refractivity contribution in [1.82, 2.24) is 8.61 Å².